The molecule has 9 nitrogen and oxygen atoms in total. The number of halogens is 1. The lowest BCUT2D eigenvalue weighted by Gasteiger charge is -2.58. The summed E-state index contributed by atoms with van der Waals surface area (Å²) in [4.78, 5) is 18.8. The zero-order chi connectivity index (χ0) is 36.5. The first-order valence-electron chi connectivity index (χ1n) is 20.1. The van der Waals surface area contributed by atoms with Crippen LogP contribution in [0.1, 0.15) is 80.3 Å². The second-order valence-electron chi connectivity index (χ2n) is 17.8. The smallest absolute Gasteiger partial charge is 0.262 e. The molecule has 1 saturated carbocycles. The van der Waals surface area contributed by atoms with Crippen LogP contribution in [0, 0.1) is 29.1 Å². The number of fused-ring (bicyclic) bond motifs is 4. The Hall–Kier alpha value is -2.34. The van der Waals surface area contributed by atoms with Crippen LogP contribution in [0.15, 0.2) is 36.4 Å². The van der Waals surface area contributed by atoms with E-state index in [-0.39, 0.29) is 34.7 Å². The van der Waals surface area contributed by atoms with Crippen molar-refractivity contribution in [2.45, 2.75) is 88.2 Å². The minimum Gasteiger partial charge on any atom is -0.490 e. The monoisotopic (exact) mass is 765 g/mol. The highest BCUT2D eigenvalue weighted by atomic mass is 35.5. The van der Waals surface area contributed by atoms with Crippen LogP contribution in [0.4, 0.5) is 5.69 Å². The lowest BCUT2D eigenvalue weighted by atomic mass is 9.64. The highest BCUT2D eigenvalue weighted by molar-refractivity contribution is 7.99. The molecular formula is C42H56ClN3O6S. The maximum absolute atomic E-state index is 14.0. The summed E-state index contributed by atoms with van der Waals surface area (Å²) in [7, 11) is -2.91. The summed E-state index contributed by atoms with van der Waals surface area (Å²) in [6.45, 7) is 11.7. The Balaban J connectivity index is 1.03. The van der Waals surface area contributed by atoms with Gasteiger partial charge in [0.25, 0.3) is 5.91 Å². The fraction of sp³-hybridized carbons (Fsp3) is 0.667. The van der Waals surface area contributed by atoms with Crippen LogP contribution >= 0.6 is 11.6 Å². The molecule has 2 aromatic rings. The third-order valence-corrected chi connectivity index (χ3v) is 16.7. The summed E-state index contributed by atoms with van der Waals surface area (Å²) in [6, 6.07) is 12.4. The van der Waals surface area contributed by atoms with E-state index < -0.39 is 9.71 Å². The molecule has 2 bridgehead atoms. The third-order valence-electron chi connectivity index (χ3n) is 14.3. The van der Waals surface area contributed by atoms with Gasteiger partial charge in [-0.05, 0) is 117 Å². The predicted molar refractivity (Wildman–Crippen MR) is 209 cm³/mol. The molecule has 5 aliphatic heterocycles. The lowest BCUT2D eigenvalue weighted by Crippen LogP contribution is -2.70. The van der Waals surface area contributed by atoms with Gasteiger partial charge >= 0.3 is 0 Å². The lowest BCUT2D eigenvalue weighted by molar-refractivity contribution is -0.267. The van der Waals surface area contributed by atoms with Gasteiger partial charge in [0.1, 0.15) is 5.75 Å². The average molecular weight is 766 g/mol. The van der Waals surface area contributed by atoms with E-state index in [1.165, 1.54) is 11.1 Å². The van der Waals surface area contributed by atoms with Crippen molar-refractivity contribution >= 4 is 38.8 Å². The van der Waals surface area contributed by atoms with Gasteiger partial charge in [-0.1, -0.05) is 31.0 Å². The molecule has 0 radical (unpaired) electrons. The Morgan fingerprint density at radius 3 is 2.49 bits per heavy atom. The molecule has 2 spiro atoms. The summed E-state index contributed by atoms with van der Waals surface area (Å²) in [6.07, 6.45) is 8.05. The van der Waals surface area contributed by atoms with E-state index in [0.717, 1.165) is 107 Å². The van der Waals surface area contributed by atoms with Gasteiger partial charge in [-0.2, -0.15) is 0 Å². The zero-order valence-corrected chi connectivity index (χ0v) is 32.9. The molecule has 5 heterocycles. The summed E-state index contributed by atoms with van der Waals surface area (Å²) < 4.78 is 42.5. The van der Waals surface area contributed by atoms with Crippen LogP contribution in [0.2, 0.25) is 5.02 Å². The minimum absolute atomic E-state index is 0.123. The molecule has 3 saturated heterocycles. The normalized spacial score (nSPS) is 38.6. The molecule has 7 atom stereocenters. The van der Waals surface area contributed by atoms with E-state index >= 15 is 0 Å². The van der Waals surface area contributed by atoms with Gasteiger partial charge < -0.3 is 23.8 Å². The van der Waals surface area contributed by atoms with E-state index in [4.69, 9.17) is 30.5 Å². The number of carbonyl (C=O) groups is 1. The second-order valence-corrected chi connectivity index (χ2v) is 20.6. The van der Waals surface area contributed by atoms with Gasteiger partial charge in [0, 0.05) is 58.8 Å². The highest BCUT2D eigenvalue weighted by Crippen LogP contribution is 2.49. The van der Waals surface area contributed by atoms with Gasteiger partial charge in [-0.15, -0.1) is 0 Å². The van der Waals surface area contributed by atoms with Gasteiger partial charge in [-0.25, -0.2) is 4.21 Å². The van der Waals surface area contributed by atoms with Crippen molar-refractivity contribution in [2.75, 3.05) is 64.1 Å². The number of rotatable bonds is 2. The quantitative estimate of drug-likeness (QED) is 0.368. The maximum atomic E-state index is 14.0. The predicted octanol–water partition coefficient (Wildman–Crippen LogP) is 6.10. The number of hydrogen-bond acceptors (Lipinski definition) is 8. The van der Waals surface area contributed by atoms with E-state index in [1.54, 1.807) is 6.07 Å². The van der Waals surface area contributed by atoms with Crippen molar-refractivity contribution in [3.63, 3.8) is 0 Å². The van der Waals surface area contributed by atoms with Gasteiger partial charge in [-0.3, -0.25) is 14.4 Å². The SMILES string of the molecule is C=S1(=O)NC(=O)c2ccc3c(c2)N(C[C@@H]2CC[C@H]2[C@@H](C2OCC(N4CC5(COC5)C4)CO2)CCC[C@H](C)[C@H]1C)C[C@@]1(CCCc2cc(Cl)ccc21)CO3. The largest absolute Gasteiger partial charge is 0.490 e. The number of nitrogens with one attached hydrogen (secondary N) is 1. The van der Waals surface area contributed by atoms with Crippen LogP contribution < -0.4 is 14.4 Å². The standard InChI is InChI=1S/C42H56ClN3O6S/c1-27-6-4-8-35(40-50-19-33(20-51-40)46-21-41(22-46)24-49-25-41)34-12-9-31(34)18-45-23-42(15-5-7-29-16-32(43)11-13-36(29)42)26-52-38-14-10-30(17-37(38)45)39(47)44-53(3,48)28(27)2/h10-11,13-14,16-17,27-28,31,33-35,40H,3-9,12,15,18-26H2,1-2H3,(H,44,47,48)/t27-,28+,31-,33?,34+,35-,40?,42-,53?/m0/s1. The van der Waals surface area contributed by atoms with Crippen molar-refractivity contribution < 1.29 is 28.0 Å². The average Bonchev–Trinajstić information content (AvgIpc) is 3.24. The van der Waals surface area contributed by atoms with E-state index in [1.807, 2.05) is 25.1 Å². The summed E-state index contributed by atoms with van der Waals surface area (Å²) in [5, 5.41) is 0.493. The first-order chi connectivity index (χ1) is 25.5. The number of carbonyl (C=O) groups excluding carboxylic acids is 1. The van der Waals surface area contributed by atoms with Gasteiger partial charge in [0.05, 0.1) is 54.5 Å². The first-order valence-corrected chi connectivity index (χ1v) is 22.2. The number of likely N-dealkylation sites (tertiary alicyclic amines) is 1. The number of benzene rings is 2. The Morgan fingerprint density at radius 1 is 0.943 bits per heavy atom. The van der Waals surface area contributed by atoms with E-state index in [9.17, 15) is 9.00 Å². The van der Waals surface area contributed by atoms with Crippen LogP contribution in [-0.2, 0) is 35.8 Å². The molecule has 1 N–H and O–H groups in total. The molecule has 53 heavy (non-hydrogen) atoms. The molecule has 2 aliphatic carbocycles. The number of anilines is 1. The number of nitrogens with zero attached hydrogens (tertiary/aromatic N) is 2. The second kappa shape index (κ2) is 14.0. The molecule has 0 aromatic heterocycles. The molecule has 288 valence electrons. The van der Waals surface area contributed by atoms with E-state index in [0.29, 0.717) is 48.7 Å². The van der Waals surface area contributed by atoms with E-state index in [2.05, 4.69) is 39.4 Å². The van der Waals surface area contributed by atoms with Gasteiger partial charge in [0.2, 0.25) is 0 Å². The number of aryl methyl sites for hydroxylation is 1. The minimum atomic E-state index is -2.91. The van der Waals surface area contributed by atoms with Crippen molar-refractivity contribution in [2.24, 2.45) is 29.1 Å². The van der Waals surface area contributed by atoms with Crippen molar-refractivity contribution in [1.82, 2.24) is 9.62 Å². The highest BCUT2D eigenvalue weighted by Gasteiger charge is 2.52. The number of amides is 1. The molecule has 4 fully saturated rings. The molecule has 7 aliphatic rings. The fourth-order valence-corrected chi connectivity index (χ4v) is 12.4. The Morgan fingerprint density at radius 2 is 1.75 bits per heavy atom. The topological polar surface area (TPSA) is 89.6 Å². The number of ether oxygens (including phenoxy) is 4. The first kappa shape index (κ1) is 36.3. The molecule has 1 amide bonds. The Kier molecular flexibility index (Phi) is 9.59. The van der Waals surface area contributed by atoms with Crippen molar-refractivity contribution in [3.8, 4) is 5.75 Å². The molecule has 11 heteroatoms. The van der Waals surface area contributed by atoms with Crippen LogP contribution in [0.25, 0.3) is 0 Å². The molecular weight excluding hydrogens is 710 g/mol. The van der Waals surface area contributed by atoms with Crippen LogP contribution in [-0.4, -0.2) is 97.7 Å². The zero-order valence-electron chi connectivity index (χ0n) is 31.4. The fourth-order valence-electron chi connectivity index (χ4n) is 10.7. The Labute approximate surface area is 320 Å². The summed E-state index contributed by atoms with van der Waals surface area (Å²) >= 11 is 6.51. The summed E-state index contributed by atoms with van der Waals surface area (Å²) in [5.74, 6) is 5.83. The molecule has 2 aromatic carbocycles. The van der Waals surface area contributed by atoms with Crippen molar-refractivity contribution in [3.05, 3.63) is 58.1 Å². The Bertz CT molecular complexity index is 1820. The molecule has 1 unspecified atom stereocenters. The van der Waals surface area contributed by atoms with Crippen LogP contribution in [0.3, 0.4) is 0 Å². The van der Waals surface area contributed by atoms with Gasteiger partial charge in [0.15, 0.2) is 6.29 Å². The van der Waals surface area contributed by atoms with Crippen LogP contribution in [0.5, 0.6) is 5.75 Å². The van der Waals surface area contributed by atoms with Crippen molar-refractivity contribution in [1.29, 1.82) is 0 Å². The summed E-state index contributed by atoms with van der Waals surface area (Å²) in [5.41, 5.74) is 4.20. The maximum Gasteiger partial charge on any atom is 0.262 e. The molecule has 9 rings (SSSR count). The third kappa shape index (κ3) is 6.71. The number of hydrogen-bond donors (Lipinski definition) is 1.